The van der Waals surface area contributed by atoms with Gasteiger partial charge >= 0.3 is 0 Å². The second kappa shape index (κ2) is 17.2. The molecule has 1 aliphatic carbocycles. The number of H-pyrrole nitrogens is 1. The Morgan fingerprint density at radius 2 is 1.78 bits per heavy atom. The summed E-state index contributed by atoms with van der Waals surface area (Å²) in [6, 6.07) is 15.7. The molecule has 51 heavy (non-hydrogen) atoms. The van der Waals surface area contributed by atoms with Crippen LogP contribution in [0.2, 0.25) is 18.1 Å². The number of phenolic OH excluding ortho intramolecular Hbond substituents is 1. The van der Waals surface area contributed by atoms with Crippen LogP contribution in [0, 0.1) is 11.8 Å². The smallest absolute Gasteiger partial charge is 0.248 e. The highest BCUT2D eigenvalue weighted by atomic mass is 28.4. The van der Waals surface area contributed by atoms with E-state index in [0.717, 1.165) is 35.8 Å². The van der Waals surface area contributed by atoms with Crippen LogP contribution in [-0.2, 0) is 26.9 Å². The molecule has 3 aromatic rings. The lowest BCUT2D eigenvalue weighted by atomic mass is 10.0. The fourth-order valence-corrected chi connectivity index (χ4v) is 8.86. The second-order valence-corrected chi connectivity index (χ2v) is 21.4. The number of likely N-dealkylation sites (tertiary alicyclic amines) is 1. The Morgan fingerprint density at radius 3 is 2.49 bits per heavy atom. The van der Waals surface area contributed by atoms with Crippen LogP contribution in [0.15, 0.2) is 53.3 Å². The maximum atomic E-state index is 13.3. The average Bonchev–Trinajstić information content (AvgIpc) is 3.66. The monoisotopic (exact) mass is 718 g/mol. The van der Waals surface area contributed by atoms with Gasteiger partial charge in [0.25, 0.3) is 0 Å². The number of carbonyl (C=O) groups is 1. The number of nitrogens with zero attached hydrogens (tertiary/aromatic N) is 2. The Morgan fingerprint density at radius 1 is 1.06 bits per heavy atom. The molecule has 5 rings (SSSR count). The van der Waals surface area contributed by atoms with E-state index in [0.29, 0.717) is 44.8 Å². The van der Waals surface area contributed by atoms with E-state index in [2.05, 4.69) is 73.3 Å². The van der Waals surface area contributed by atoms with Gasteiger partial charge in [-0.2, -0.15) is 0 Å². The second-order valence-electron chi connectivity index (χ2n) is 16.6. The fourth-order valence-electron chi connectivity index (χ4n) is 7.59. The molecule has 280 valence electrons. The molecule has 1 unspecified atom stereocenters. The number of aromatic amines is 1. The van der Waals surface area contributed by atoms with Crippen molar-refractivity contribution in [3.8, 4) is 5.75 Å². The van der Waals surface area contributed by atoms with Gasteiger partial charge in [0.1, 0.15) is 5.75 Å². The van der Waals surface area contributed by atoms with Crippen molar-refractivity contribution < 1.29 is 19.1 Å². The first-order chi connectivity index (χ1) is 24.2. The maximum absolute atomic E-state index is 13.3. The van der Waals surface area contributed by atoms with Gasteiger partial charge in [0.05, 0.1) is 31.3 Å². The Hall–Kier alpha value is -3.02. The number of hydrogen-bond acceptors (Lipinski definition) is 7. The first-order valence-corrected chi connectivity index (χ1v) is 22.0. The topological polar surface area (TPSA) is 107 Å². The highest BCUT2D eigenvalue weighted by molar-refractivity contribution is 6.74. The van der Waals surface area contributed by atoms with Crippen LogP contribution in [0.1, 0.15) is 83.1 Å². The molecule has 1 aliphatic heterocycles. The number of rotatable bonds is 17. The molecule has 2 heterocycles. The van der Waals surface area contributed by atoms with Gasteiger partial charge in [0.15, 0.2) is 8.32 Å². The van der Waals surface area contributed by atoms with Crippen molar-refractivity contribution in [1.82, 2.24) is 20.1 Å². The number of fused-ring (bicyclic) bond motifs is 2. The van der Waals surface area contributed by atoms with E-state index in [-0.39, 0.29) is 34.4 Å². The summed E-state index contributed by atoms with van der Waals surface area (Å²) < 4.78 is 12.9. The van der Waals surface area contributed by atoms with Crippen LogP contribution < -0.4 is 10.9 Å². The molecule has 2 fully saturated rings. The number of benzene rings is 2. The van der Waals surface area contributed by atoms with Crippen molar-refractivity contribution in [2.24, 2.45) is 11.8 Å². The van der Waals surface area contributed by atoms with E-state index in [9.17, 15) is 14.7 Å². The molecule has 0 radical (unpaired) electrons. The minimum Gasteiger partial charge on any atom is -0.506 e. The highest BCUT2D eigenvalue weighted by Crippen LogP contribution is 2.41. The van der Waals surface area contributed by atoms with Crippen molar-refractivity contribution in [3.63, 3.8) is 0 Å². The summed E-state index contributed by atoms with van der Waals surface area (Å²) in [4.78, 5) is 32.7. The number of aromatic nitrogens is 1. The molecule has 2 aliphatic rings. The van der Waals surface area contributed by atoms with E-state index in [4.69, 9.17) is 9.16 Å². The zero-order chi connectivity index (χ0) is 36.8. The Kier molecular flexibility index (Phi) is 13.2. The van der Waals surface area contributed by atoms with E-state index in [1.54, 1.807) is 12.1 Å². The minimum absolute atomic E-state index is 0.00805. The third kappa shape index (κ3) is 10.3. The van der Waals surface area contributed by atoms with E-state index >= 15 is 0 Å². The van der Waals surface area contributed by atoms with E-state index in [1.807, 2.05) is 24.8 Å². The van der Waals surface area contributed by atoms with Gasteiger partial charge in [0, 0.05) is 56.8 Å². The predicted molar refractivity (Wildman–Crippen MR) is 209 cm³/mol. The number of amides is 1. The number of pyridine rings is 1. The van der Waals surface area contributed by atoms with Crippen LogP contribution in [0.5, 0.6) is 5.75 Å². The van der Waals surface area contributed by atoms with Crippen LogP contribution in [0.4, 0.5) is 0 Å². The number of carbonyl (C=O) groups excluding carboxylic acids is 1. The number of ether oxygens (including phenoxy) is 1. The van der Waals surface area contributed by atoms with Gasteiger partial charge in [-0.3, -0.25) is 14.5 Å². The zero-order valence-corrected chi connectivity index (χ0v) is 33.1. The Labute approximate surface area is 306 Å². The first-order valence-electron chi connectivity index (χ1n) is 19.1. The average molecular weight is 719 g/mol. The molecule has 10 heteroatoms. The van der Waals surface area contributed by atoms with Crippen LogP contribution in [-0.4, -0.2) is 86.1 Å². The molecule has 3 atom stereocenters. The normalized spacial score (nSPS) is 18.8. The SMILES string of the molecule is CC(C)N(CCNC[C@H](O[Si](C)(C)C(C)(C)C)c1ccc(O)c2[nH]c(=O)ccc12)C(=O)CCOCCc1cccc(CN2CC3CCC[C@H]3C2)c1. The van der Waals surface area contributed by atoms with Crippen molar-refractivity contribution in [2.75, 3.05) is 45.9 Å². The summed E-state index contributed by atoms with van der Waals surface area (Å²) in [6.45, 7) is 21.4. The van der Waals surface area contributed by atoms with Crippen LogP contribution in [0.25, 0.3) is 10.9 Å². The van der Waals surface area contributed by atoms with E-state index < -0.39 is 8.32 Å². The molecule has 1 aromatic heterocycles. The lowest BCUT2D eigenvalue weighted by molar-refractivity contribution is -0.134. The summed E-state index contributed by atoms with van der Waals surface area (Å²) in [5, 5.41) is 14.8. The van der Waals surface area contributed by atoms with Crippen molar-refractivity contribution in [3.05, 3.63) is 75.6 Å². The number of hydrogen-bond donors (Lipinski definition) is 3. The largest absolute Gasteiger partial charge is 0.506 e. The third-order valence-electron chi connectivity index (χ3n) is 11.5. The van der Waals surface area contributed by atoms with Crippen molar-refractivity contribution in [1.29, 1.82) is 0 Å². The number of aromatic hydroxyl groups is 1. The predicted octanol–water partition coefficient (Wildman–Crippen LogP) is 7.00. The molecule has 3 N–H and O–H groups in total. The molecule has 9 nitrogen and oxygen atoms in total. The van der Waals surface area contributed by atoms with Crippen molar-refractivity contribution >= 4 is 25.1 Å². The van der Waals surface area contributed by atoms with Gasteiger partial charge in [-0.25, -0.2) is 0 Å². The molecular formula is C41H62N4O5Si. The van der Waals surface area contributed by atoms with Crippen LogP contribution in [0.3, 0.4) is 0 Å². The molecule has 0 bridgehead atoms. The summed E-state index contributed by atoms with van der Waals surface area (Å²) in [6.07, 6.45) is 5.12. The first kappa shape index (κ1) is 39.2. The van der Waals surface area contributed by atoms with Crippen LogP contribution >= 0.6 is 0 Å². The van der Waals surface area contributed by atoms with Gasteiger partial charge in [-0.15, -0.1) is 0 Å². The maximum Gasteiger partial charge on any atom is 0.248 e. The number of phenols is 1. The van der Waals surface area contributed by atoms with Gasteiger partial charge in [-0.05, 0) is 91.9 Å². The Bertz CT molecular complexity index is 1660. The fraction of sp³-hybridized carbons (Fsp3) is 0.610. The highest BCUT2D eigenvalue weighted by Gasteiger charge is 2.40. The molecule has 0 spiro atoms. The molecule has 2 aromatic carbocycles. The molecule has 1 saturated heterocycles. The quantitative estimate of drug-likeness (QED) is 0.102. The summed E-state index contributed by atoms with van der Waals surface area (Å²) >= 11 is 0. The summed E-state index contributed by atoms with van der Waals surface area (Å²) in [5.74, 6) is 1.95. The van der Waals surface area contributed by atoms with E-state index in [1.165, 1.54) is 49.5 Å². The summed E-state index contributed by atoms with van der Waals surface area (Å²) in [7, 11) is -2.19. The van der Waals surface area contributed by atoms with Gasteiger partial charge in [0.2, 0.25) is 11.5 Å². The lowest BCUT2D eigenvalue weighted by Crippen LogP contribution is -2.45. The molecular weight excluding hydrogens is 657 g/mol. The Balaban J connectivity index is 1.09. The van der Waals surface area contributed by atoms with Gasteiger partial charge < -0.3 is 29.5 Å². The third-order valence-corrected chi connectivity index (χ3v) is 16.0. The minimum atomic E-state index is -2.19. The number of nitrogens with one attached hydrogen (secondary N) is 2. The molecule has 1 amide bonds. The summed E-state index contributed by atoms with van der Waals surface area (Å²) in [5.41, 5.74) is 3.73. The van der Waals surface area contributed by atoms with Crippen molar-refractivity contribution in [2.45, 2.75) is 104 Å². The lowest BCUT2D eigenvalue weighted by Gasteiger charge is -2.40. The molecule has 1 saturated carbocycles. The zero-order valence-electron chi connectivity index (χ0n) is 32.1. The van der Waals surface area contributed by atoms with Gasteiger partial charge in [-0.1, -0.05) is 57.5 Å². The standard InChI is InChI=1S/C41H62N4O5Si/c1-29(2)45(39(48)19-23-49-22-18-30-10-8-11-31(24-30)26-44-27-32-12-9-13-33(32)28-44)21-20-42-25-37(50-51(6,7)41(3,4)5)34-14-16-36(46)40-35(34)15-17-38(47)43-40/h8,10-11,14-17,24,29,32-33,37,42,46H,9,12-13,18-23,25-28H2,1-7H3,(H,43,47)/t32-,33?,37-/m0/s1.